The van der Waals surface area contributed by atoms with E-state index < -0.39 is 11.4 Å². The van der Waals surface area contributed by atoms with Crippen molar-refractivity contribution in [2.24, 2.45) is 26.6 Å². The molecule has 0 saturated carbocycles. The Morgan fingerprint density at radius 2 is 1.82 bits per heavy atom. The predicted octanol–water partition coefficient (Wildman–Crippen LogP) is 5.76. The van der Waals surface area contributed by atoms with Gasteiger partial charge in [0.2, 0.25) is 0 Å². The summed E-state index contributed by atoms with van der Waals surface area (Å²) >= 11 is 0. The number of nitrogens with zero attached hydrogens (tertiary/aromatic N) is 4. The van der Waals surface area contributed by atoms with Crippen LogP contribution in [0.4, 0.5) is 5.69 Å². The van der Waals surface area contributed by atoms with Gasteiger partial charge in [-0.05, 0) is 68.5 Å². The smallest absolute Gasteiger partial charge is 0.335 e. The molecule has 1 saturated heterocycles. The Morgan fingerprint density at radius 3 is 2.47 bits per heavy atom. The van der Waals surface area contributed by atoms with Gasteiger partial charge in [0.25, 0.3) is 0 Å². The maximum Gasteiger partial charge on any atom is 0.335 e. The molecule has 2 heterocycles. The van der Waals surface area contributed by atoms with Crippen LogP contribution >= 0.6 is 0 Å². The second-order valence-corrected chi connectivity index (χ2v) is 9.05. The molecule has 1 fully saturated rings. The lowest BCUT2D eigenvalue weighted by Gasteiger charge is -2.24. The molecule has 0 spiro atoms. The van der Waals surface area contributed by atoms with Crippen molar-refractivity contribution in [3.63, 3.8) is 0 Å². The van der Waals surface area contributed by atoms with Gasteiger partial charge in [-0.1, -0.05) is 42.1 Å². The van der Waals surface area contributed by atoms with E-state index in [2.05, 4.69) is 51.1 Å². The molecule has 2 aliphatic heterocycles. The van der Waals surface area contributed by atoms with Crippen LogP contribution in [0, 0.1) is 5.41 Å². The van der Waals surface area contributed by atoms with Crippen LogP contribution in [-0.4, -0.2) is 36.4 Å². The molecule has 0 radical (unpaired) electrons. The van der Waals surface area contributed by atoms with Crippen molar-refractivity contribution in [1.82, 2.24) is 4.90 Å². The number of aliphatic imine (C=N–C) groups is 1. The first-order chi connectivity index (χ1) is 16.3. The number of amidine groups is 1. The average molecular weight is 458 g/mol. The molecular formula is C27H31N5O2. The zero-order valence-electron chi connectivity index (χ0n) is 20.0. The molecule has 0 bridgehead atoms. The van der Waals surface area contributed by atoms with E-state index in [4.69, 9.17) is 10.6 Å². The standard InChI is InChI=1S/C27H31N5O2/c1-5-34-25(33)23-17-22-16-21(12-13-24(22)29-26(30-31-28)27(23,3)4)20-10-8-19(9-11-20)18(2)32-14-6-7-15-32/h8-13,16-17H,2,5-7,14-15H2,1,3-4H3,(H2,28,29,30). The molecule has 176 valence electrons. The number of fused-ring (bicyclic) bond motifs is 1. The van der Waals surface area contributed by atoms with E-state index >= 15 is 0 Å². The van der Waals surface area contributed by atoms with Crippen LogP contribution in [0.2, 0.25) is 0 Å². The van der Waals surface area contributed by atoms with E-state index in [-0.39, 0.29) is 6.61 Å². The second-order valence-electron chi connectivity index (χ2n) is 9.05. The van der Waals surface area contributed by atoms with Gasteiger partial charge in [0.15, 0.2) is 5.84 Å². The van der Waals surface area contributed by atoms with Crippen molar-refractivity contribution in [3.8, 4) is 11.1 Å². The molecule has 0 unspecified atom stereocenters. The molecule has 34 heavy (non-hydrogen) atoms. The fourth-order valence-electron chi connectivity index (χ4n) is 4.41. The van der Waals surface area contributed by atoms with Gasteiger partial charge >= 0.3 is 5.97 Å². The fraction of sp³-hybridized carbons (Fsp3) is 0.333. The summed E-state index contributed by atoms with van der Waals surface area (Å²) in [5, 5.41) is 7.45. The highest BCUT2D eigenvalue weighted by molar-refractivity contribution is 6.07. The predicted molar refractivity (Wildman–Crippen MR) is 136 cm³/mol. The average Bonchev–Trinajstić information content (AvgIpc) is 3.34. The van der Waals surface area contributed by atoms with E-state index in [9.17, 15) is 4.79 Å². The quantitative estimate of drug-likeness (QED) is 0.267. The van der Waals surface area contributed by atoms with Crippen molar-refractivity contribution in [1.29, 1.82) is 0 Å². The van der Waals surface area contributed by atoms with Gasteiger partial charge in [0.1, 0.15) is 0 Å². The van der Waals surface area contributed by atoms with Crippen molar-refractivity contribution in [2.75, 3.05) is 19.7 Å². The summed E-state index contributed by atoms with van der Waals surface area (Å²) in [4.78, 5) is 19.9. The molecule has 0 atom stereocenters. The number of ether oxygens (including phenoxy) is 1. The topological polar surface area (TPSA) is 92.6 Å². The minimum Gasteiger partial charge on any atom is -0.463 e. The van der Waals surface area contributed by atoms with Crippen LogP contribution < -0.4 is 5.84 Å². The van der Waals surface area contributed by atoms with Crippen molar-refractivity contribution in [2.45, 2.75) is 33.6 Å². The normalized spacial score (nSPS) is 17.1. The molecule has 0 aromatic heterocycles. The van der Waals surface area contributed by atoms with Crippen molar-refractivity contribution >= 4 is 29.3 Å². The lowest BCUT2D eigenvalue weighted by Crippen LogP contribution is -2.30. The summed E-state index contributed by atoms with van der Waals surface area (Å²) < 4.78 is 5.33. The monoisotopic (exact) mass is 457 g/mol. The molecule has 2 aromatic rings. The summed E-state index contributed by atoms with van der Waals surface area (Å²) in [5.74, 6) is 5.28. The molecule has 7 heteroatoms. The molecule has 0 amide bonds. The van der Waals surface area contributed by atoms with Gasteiger partial charge in [0.05, 0.1) is 23.3 Å². The Bertz CT molecular complexity index is 1190. The summed E-state index contributed by atoms with van der Waals surface area (Å²) in [5.41, 5.74) is 5.42. The Labute approximate surface area is 200 Å². The molecule has 4 rings (SSSR count). The number of likely N-dealkylation sites (tertiary alicyclic amines) is 1. The van der Waals surface area contributed by atoms with Gasteiger partial charge in [-0.2, -0.15) is 0 Å². The summed E-state index contributed by atoms with van der Waals surface area (Å²) in [6.07, 6.45) is 4.28. The van der Waals surface area contributed by atoms with Gasteiger partial charge in [-0.15, -0.1) is 5.11 Å². The maximum absolute atomic E-state index is 12.8. The van der Waals surface area contributed by atoms with E-state index in [1.165, 1.54) is 12.8 Å². The zero-order chi connectivity index (χ0) is 24.3. The number of benzene rings is 2. The third kappa shape index (κ3) is 4.51. The third-order valence-corrected chi connectivity index (χ3v) is 6.47. The first-order valence-corrected chi connectivity index (χ1v) is 11.6. The number of carbonyl (C=O) groups excluding carboxylic acids is 1. The minimum atomic E-state index is -0.827. The molecule has 2 aliphatic rings. The first kappa shape index (κ1) is 23.4. The van der Waals surface area contributed by atoms with E-state index in [0.717, 1.165) is 41.0 Å². The van der Waals surface area contributed by atoms with Crippen molar-refractivity contribution < 1.29 is 9.53 Å². The Morgan fingerprint density at radius 1 is 1.15 bits per heavy atom. The largest absolute Gasteiger partial charge is 0.463 e. The summed E-state index contributed by atoms with van der Waals surface area (Å²) in [6.45, 7) is 12.2. The van der Waals surface area contributed by atoms with Crippen LogP contribution in [0.15, 0.2) is 69.9 Å². The third-order valence-electron chi connectivity index (χ3n) is 6.47. The van der Waals surface area contributed by atoms with Crippen LogP contribution in [0.3, 0.4) is 0 Å². The second kappa shape index (κ2) is 9.63. The van der Waals surface area contributed by atoms with Gasteiger partial charge in [-0.25, -0.2) is 9.79 Å². The van der Waals surface area contributed by atoms with Gasteiger partial charge in [-0.3, -0.25) is 0 Å². The Hall–Kier alpha value is -3.74. The van der Waals surface area contributed by atoms with Gasteiger partial charge in [0, 0.05) is 24.4 Å². The number of esters is 1. The lowest BCUT2D eigenvalue weighted by atomic mass is 9.82. The summed E-state index contributed by atoms with van der Waals surface area (Å²) in [7, 11) is 0. The molecule has 2 aromatic carbocycles. The molecule has 0 aliphatic carbocycles. The van der Waals surface area contributed by atoms with Crippen LogP contribution in [-0.2, 0) is 9.53 Å². The Balaban J connectivity index is 1.72. The number of hydrogen-bond donors (Lipinski definition) is 1. The van der Waals surface area contributed by atoms with E-state index in [1.54, 1.807) is 6.92 Å². The zero-order valence-corrected chi connectivity index (χ0v) is 20.0. The molecule has 2 N–H and O–H groups in total. The molecular weight excluding hydrogens is 426 g/mol. The highest BCUT2D eigenvalue weighted by Crippen LogP contribution is 2.39. The molecule has 7 nitrogen and oxygen atoms in total. The SMILES string of the molecule is C=C(c1ccc(-c2ccc3c(c2)C=C(C(=O)OCC)C(C)(C)C(N=NN)=N3)cc1)N1CCCC1. The Kier molecular flexibility index (Phi) is 6.63. The highest BCUT2D eigenvalue weighted by Gasteiger charge is 2.37. The highest BCUT2D eigenvalue weighted by atomic mass is 16.5. The van der Waals surface area contributed by atoms with E-state index in [0.29, 0.717) is 17.1 Å². The first-order valence-electron chi connectivity index (χ1n) is 11.6. The van der Waals surface area contributed by atoms with Gasteiger partial charge < -0.3 is 15.5 Å². The lowest BCUT2D eigenvalue weighted by molar-refractivity contribution is -0.139. The van der Waals surface area contributed by atoms with Crippen LogP contribution in [0.1, 0.15) is 44.7 Å². The van der Waals surface area contributed by atoms with Crippen LogP contribution in [0.25, 0.3) is 22.9 Å². The number of hydrogen-bond acceptors (Lipinski definition) is 6. The van der Waals surface area contributed by atoms with Crippen LogP contribution in [0.5, 0.6) is 0 Å². The van der Waals surface area contributed by atoms with E-state index in [1.807, 2.05) is 38.1 Å². The van der Waals surface area contributed by atoms with Crippen molar-refractivity contribution in [3.05, 3.63) is 65.7 Å². The number of rotatable bonds is 5. The number of nitrogens with two attached hydrogens (primary N) is 1. The maximum atomic E-state index is 12.8. The minimum absolute atomic E-state index is 0.277. The fourth-order valence-corrected chi connectivity index (χ4v) is 4.41. The summed E-state index contributed by atoms with van der Waals surface area (Å²) in [6, 6.07) is 14.4. The number of carbonyl (C=O) groups is 1.